The molecule has 4 aliphatic rings. The first-order valence-electron chi connectivity index (χ1n) is 10.9. The summed E-state index contributed by atoms with van der Waals surface area (Å²) < 4.78 is 6.08. The zero-order valence-electron chi connectivity index (χ0n) is 18.2. The van der Waals surface area contributed by atoms with Gasteiger partial charge in [0.25, 0.3) is 0 Å². The largest absolute Gasteiger partial charge is 0.372 e. The van der Waals surface area contributed by atoms with Crippen molar-refractivity contribution in [2.45, 2.75) is 38.5 Å². The molecule has 0 unspecified atom stereocenters. The number of urea groups is 1. The van der Waals surface area contributed by atoms with Gasteiger partial charge >= 0.3 is 6.03 Å². The molecule has 0 aromatic heterocycles. The van der Waals surface area contributed by atoms with E-state index in [1.165, 1.54) is 0 Å². The molecule has 0 bridgehead atoms. The number of likely N-dealkylation sites (N-methyl/N-ethyl adjacent to an activating group) is 1. The Morgan fingerprint density at radius 2 is 1.71 bits per heavy atom. The molecule has 1 aromatic rings. The van der Waals surface area contributed by atoms with Crippen LogP contribution in [0.15, 0.2) is 18.2 Å². The highest BCUT2D eigenvalue weighted by Crippen LogP contribution is 2.47. The van der Waals surface area contributed by atoms with Crippen molar-refractivity contribution >= 4 is 29.2 Å². The molecule has 9 nitrogen and oxygen atoms in total. The summed E-state index contributed by atoms with van der Waals surface area (Å²) in [5, 5.41) is 4.66. The number of fused-ring (bicyclic) bond motifs is 4. The van der Waals surface area contributed by atoms with Gasteiger partial charge in [0.1, 0.15) is 0 Å². The van der Waals surface area contributed by atoms with Gasteiger partial charge < -0.3 is 19.4 Å². The Hall–Kier alpha value is -2.65. The number of hydrogen-bond acceptors (Lipinski definition) is 7. The van der Waals surface area contributed by atoms with Crippen LogP contribution in [-0.2, 0) is 20.7 Å². The molecule has 2 N–H and O–H groups in total. The maximum Gasteiger partial charge on any atom is 0.328 e. The molecule has 31 heavy (non-hydrogen) atoms. The second-order valence-corrected chi connectivity index (χ2v) is 9.24. The highest BCUT2D eigenvalue weighted by Gasteiger charge is 2.62. The molecule has 3 atom stereocenters. The molecule has 4 heterocycles. The van der Waals surface area contributed by atoms with Crippen molar-refractivity contribution in [1.29, 1.82) is 0 Å². The van der Waals surface area contributed by atoms with E-state index < -0.39 is 29.3 Å². The number of anilines is 2. The van der Waals surface area contributed by atoms with Gasteiger partial charge in [-0.05, 0) is 45.0 Å². The van der Waals surface area contributed by atoms with Gasteiger partial charge in [-0.1, -0.05) is 6.07 Å². The fourth-order valence-corrected chi connectivity index (χ4v) is 5.67. The number of rotatable bonds is 1. The van der Waals surface area contributed by atoms with Crippen LogP contribution in [-0.4, -0.2) is 80.8 Å². The summed E-state index contributed by atoms with van der Waals surface area (Å²) >= 11 is 0. The molecular weight excluding hydrogens is 398 g/mol. The lowest BCUT2D eigenvalue weighted by atomic mass is 9.66. The number of piperazine rings is 1. The molecule has 0 radical (unpaired) electrons. The Labute approximate surface area is 181 Å². The Morgan fingerprint density at radius 3 is 2.39 bits per heavy atom. The van der Waals surface area contributed by atoms with Gasteiger partial charge in [-0.2, -0.15) is 0 Å². The third kappa shape index (κ3) is 3.10. The van der Waals surface area contributed by atoms with E-state index in [4.69, 9.17) is 4.74 Å². The highest BCUT2D eigenvalue weighted by atomic mass is 16.5. The van der Waals surface area contributed by atoms with E-state index in [9.17, 15) is 14.4 Å². The van der Waals surface area contributed by atoms with Crippen molar-refractivity contribution in [2.24, 2.45) is 5.41 Å². The highest BCUT2D eigenvalue weighted by molar-refractivity contribution is 6.20. The van der Waals surface area contributed by atoms with Crippen molar-refractivity contribution in [2.75, 3.05) is 49.6 Å². The molecular formula is C22H29N5O4. The van der Waals surface area contributed by atoms with Gasteiger partial charge in [0.05, 0.1) is 18.2 Å². The van der Waals surface area contributed by atoms with Crippen LogP contribution < -0.4 is 20.4 Å². The van der Waals surface area contributed by atoms with E-state index in [1.807, 2.05) is 19.9 Å². The second-order valence-electron chi connectivity index (χ2n) is 9.24. The average molecular weight is 428 g/mol. The number of nitrogens with one attached hydrogen (secondary N) is 2. The number of carbonyl (C=O) groups excluding carboxylic acids is 3. The number of ether oxygens (including phenoxy) is 1. The number of hydrogen-bond donors (Lipinski definition) is 2. The summed E-state index contributed by atoms with van der Waals surface area (Å²) in [6.07, 6.45) is -0.161. The molecule has 3 saturated heterocycles. The molecule has 4 amide bonds. The lowest BCUT2D eigenvalue weighted by molar-refractivity contribution is -0.153. The molecule has 0 saturated carbocycles. The normalized spacial score (nSPS) is 30.5. The second kappa shape index (κ2) is 7.20. The number of amides is 4. The van der Waals surface area contributed by atoms with Crippen LogP contribution in [0.3, 0.4) is 0 Å². The van der Waals surface area contributed by atoms with Crippen molar-refractivity contribution in [3.8, 4) is 0 Å². The van der Waals surface area contributed by atoms with Crippen LogP contribution in [0.1, 0.15) is 19.4 Å². The quantitative estimate of drug-likeness (QED) is 0.624. The minimum atomic E-state index is -1.41. The van der Waals surface area contributed by atoms with Crippen LogP contribution in [0.2, 0.25) is 0 Å². The van der Waals surface area contributed by atoms with Gasteiger partial charge in [-0.15, -0.1) is 0 Å². The van der Waals surface area contributed by atoms with Crippen LogP contribution in [0.4, 0.5) is 16.2 Å². The predicted molar refractivity (Wildman–Crippen MR) is 115 cm³/mol. The van der Waals surface area contributed by atoms with E-state index in [0.29, 0.717) is 6.54 Å². The minimum absolute atomic E-state index is 0.0436. The molecule has 0 aliphatic carbocycles. The average Bonchev–Trinajstić information content (AvgIpc) is 2.72. The Bertz CT molecular complexity index is 922. The lowest BCUT2D eigenvalue weighted by Gasteiger charge is -2.55. The summed E-state index contributed by atoms with van der Waals surface area (Å²) in [6.45, 7) is 8.44. The van der Waals surface area contributed by atoms with Crippen molar-refractivity contribution < 1.29 is 19.1 Å². The maximum atomic E-state index is 13.1. The topological polar surface area (TPSA) is 94.2 Å². The first-order valence-corrected chi connectivity index (χ1v) is 10.9. The first kappa shape index (κ1) is 20.3. The van der Waals surface area contributed by atoms with E-state index in [0.717, 1.165) is 43.1 Å². The van der Waals surface area contributed by atoms with Crippen molar-refractivity contribution in [3.63, 3.8) is 0 Å². The van der Waals surface area contributed by atoms with Crippen molar-refractivity contribution in [3.05, 3.63) is 23.8 Å². The third-order valence-electron chi connectivity index (χ3n) is 7.17. The minimum Gasteiger partial charge on any atom is -0.372 e. The fourth-order valence-electron chi connectivity index (χ4n) is 5.67. The first-order chi connectivity index (χ1) is 14.8. The molecule has 5 rings (SSSR count). The van der Waals surface area contributed by atoms with Gasteiger partial charge in [0.15, 0.2) is 5.41 Å². The smallest absolute Gasteiger partial charge is 0.328 e. The molecule has 166 valence electrons. The van der Waals surface area contributed by atoms with Gasteiger partial charge in [-0.25, -0.2) is 4.79 Å². The number of carbonyl (C=O) groups is 3. The van der Waals surface area contributed by atoms with Crippen molar-refractivity contribution in [1.82, 2.24) is 15.5 Å². The van der Waals surface area contributed by atoms with Gasteiger partial charge in [0, 0.05) is 44.1 Å². The fraction of sp³-hybridized carbons (Fsp3) is 0.591. The Morgan fingerprint density at radius 1 is 1.03 bits per heavy atom. The van der Waals surface area contributed by atoms with E-state index >= 15 is 0 Å². The predicted octanol–water partition coefficient (Wildman–Crippen LogP) is 0.329. The summed E-state index contributed by atoms with van der Waals surface area (Å²) in [7, 11) is 2.13. The number of barbiturate groups is 1. The molecule has 3 fully saturated rings. The summed E-state index contributed by atoms with van der Waals surface area (Å²) in [4.78, 5) is 44.9. The van der Waals surface area contributed by atoms with E-state index in [-0.39, 0.29) is 18.6 Å². The zero-order valence-corrected chi connectivity index (χ0v) is 18.2. The van der Waals surface area contributed by atoms with Crippen LogP contribution >= 0.6 is 0 Å². The van der Waals surface area contributed by atoms with E-state index in [2.05, 4.69) is 44.5 Å². The SMILES string of the molecule is C[C@@H]1CN2c3cc(N4CCN(C)CC4)ccc3CC3(C(=O)NC(=O)NC3=O)[C@H]2[C@H](C)O1. The van der Waals surface area contributed by atoms with E-state index in [1.54, 1.807) is 0 Å². The summed E-state index contributed by atoms with van der Waals surface area (Å²) in [5.41, 5.74) is 1.73. The monoisotopic (exact) mass is 427 g/mol. The molecule has 1 spiro atoms. The lowest BCUT2D eigenvalue weighted by Crippen LogP contribution is -2.75. The number of morpholine rings is 1. The van der Waals surface area contributed by atoms with Gasteiger partial charge in [0.2, 0.25) is 11.8 Å². The number of nitrogens with zero attached hydrogens (tertiary/aromatic N) is 3. The number of benzene rings is 1. The molecule has 4 aliphatic heterocycles. The van der Waals surface area contributed by atoms with Crippen LogP contribution in [0.5, 0.6) is 0 Å². The molecule has 1 aromatic carbocycles. The maximum absolute atomic E-state index is 13.1. The standard InChI is InChI=1S/C22H29N5O4/c1-13-12-27-17-10-16(26-8-6-25(3)7-9-26)5-4-15(17)11-22(18(27)14(2)31-13)19(28)23-21(30)24-20(22)29/h4-5,10,13-14,18H,6-9,11-12H2,1-3H3,(H2,23,24,28,29,30)/t13-,14+,18-/m1/s1. The van der Waals surface area contributed by atoms with Gasteiger partial charge in [-0.3, -0.25) is 20.2 Å². The van der Waals surface area contributed by atoms with Crippen LogP contribution in [0.25, 0.3) is 0 Å². The number of imide groups is 2. The summed E-state index contributed by atoms with van der Waals surface area (Å²) in [5.74, 6) is -1.09. The zero-order chi connectivity index (χ0) is 21.9. The Balaban J connectivity index is 1.59. The van der Waals surface area contributed by atoms with Crippen LogP contribution in [0, 0.1) is 5.41 Å². The third-order valence-corrected chi connectivity index (χ3v) is 7.17. The molecule has 9 heteroatoms. The Kier molecular flexibility index (Phi) is 4.71. The summed E-state index contributed by atoms with van der Waals surface area (Å²) in [6, 6.07) is 5.04.